The van der Waals surface area contributed by atoms with Crippen LogP contribution in [0.2, 0.25) is 0 Å². The third kappa shape index (κ3) is 4.77. The Morgan fingerprint density at radius 1 is 0.947 bits per heavy atom. The van der Waals surface area contributed by atoms with Crippen LogP contribution in [-0.4, -0.2) is 47.3 Å². The van der Waals surface area contributed by atoms with Gasteiger partial charge in [0.2, 0.25) is 0 Å². The highest BCUT2D eigenvalue weighted by Crippen LogP contribution is 2.38. The van der Waals surface area contributed by atoms with Crippen LogP contribution in [0.3, 0.4) is 0 Å². The zero-order valence-corrected chi connectivity index (χ0v) is 22.3. The van der Waals surface area contributed by atoms with Crippen molar-refractivity contribution in [3.8, 4) is 17.2 Å². The number of hydrogen-bond acceptors (Lipinski definition) is 6. The van der Waals surface area contributed by atoms with Crippen LogP contribution in [0.25, 0.3) is 11.1 Å². The second kappa shape index (κ2) is 10.1. The van der Waals surface area contributed by atoms with E-state index in [1.807, 2.05) is 44.3 Å². The molecule has 1 aromatic heterocycles. The van der Waals surface area contributed by atoms with E-state index < -0.39 is 5.60 Å². The summed E-state index contributed by atoms with van der Waals surface area (Å²) in [6.07, 6.45) is 7.94. The summed E-state index contributed by atoms with van der Waals surface area (Å²) in [4.78, 5) is 10.1. The molecule has 6 nitrogen and oxygen atoms in total. The number of pyridine rings is 1. The summed E-state index contributed by atoms with van der Waals surface area (Å²) in [6.45, 7) is 5.59. The predicted octanol–water partition coefficient (Wildman–Crippen LogP) is 5.22. The average Bonchev–Trinajstić information content (AvgIpc) is 2.95. The van der Waals surface area contributed by atoms with Gasteiger partial charge in [-0.3, -0.25) is 0 Å². The van der Waals surface area contributed by atoms with Gasteiger partial charge >= 0.3 is 0 Å². The Balaban J connectivity index is 1.31. The molecule has 1 aliphatic carbocycles. The number of piperidine rings is 1. The van der Waals surface area contributed by atoms with Crippen LogP contribution >= 0.6 is 0 Å². The van der Waals surface area contributed by atoms with Crippen molar-refractivity contribution in [1.29, 1.82) is 5.26 Å². The molecule has 3 fully saturated rings. The van der Waals surface area contributed by atoms with E-state index in [4.69, 9.17) is 4.98 Å². The smallest absolute Gasteiger partial charge is 0.129 e. The first-order chi connectivity index (χ1) is 18.4. The molecule has 2 aromatic carbocycles. The third-order valence-corrected chi connectivity index (χ3v) is 8.72. The van der Waals surface area contributed by atoms with Gasteiger partial charge in [0.15, 0.2) is 0 Å². The fourth-order valence-corrected chi connectivity index (χ4v) is 6.74. The van der Waals surface area contributed by atoms with Crippen molar-refractivity contribution in [2.75, 3.05) is 22.9 Å². The van der Waals surface area contributed by atoms with Crippen LogP contribution in [-0.2, 0) is 5.60 Å². The first-order valence-electron chi connectivity index (χ1n) is 14.0. The molecular formula is C32H37N5O. The molecule has 2 aliphatic heterocycles. The molecule has 0 radical (unpaired) electrons. The number of aromatic nitrogens is 1. The normalized spacial score (nSPS) is 25.3. The summed E-state index contributed by atoms with van der Waals surface area (Å²) < 4.78 is 0. The van der Waals surface area contributed by atoms with Crippen molar-refractivity contribution in [1.82, 2.24) is 10.3 Å². The SMILES string of the molecule is CC(C)(O)c1cccc(-c2ccnc(N3C4CCCC[C@H]4N[C@@H]4CN(c5ccc(C#N)cc5)CCC43)c2)c1. The van der Waals surface area contributed by atoms with E-state index in [0.717, 1.165) is 42.0 Å². The van der Waals surface area contributed by atoms with Crippen molar-refractivity contribution >= 4 is 11.5 Å². The van der Waals surface area contributed by atoms with E-state index >= 15 is 0 Å². The van der Waals surface area contributed by atoms with Gasteiger partial charge in [0.1, 0.15) is 5.82 Å². The number of hydrogen-bond donors (Lipinski definition) is 2. The number of benzene rings is 2. The highest BCUT2D eigenvalue weighted by molar-refractivity contribution is 5.68. The van der Waals surface area contributed by atoms with E-state index in [2.05, 4.69) is 57.6 Å². The Morgan fingerprint density at radius 2 is 1.71 bits per heavy atom. The van der Waals surface area contributed by atoms with Gasteiger partial charge in [0, 0.05) is 49.1 Å². The van der Waals surface area contributed by atoms with E-state index in [9.17, 15) is 10.4 Å². The highest BCUT2D eigenvalue weighted by Gasteiger charge is 2.46. The first kappa shape index (κ1) is 24.9. The topological polar surface area (TPSA) is 75.4 Å². The van der Waals surface area contributed by atoms with Crippen molar-refractivity contribution in [3.63, 3.8) is 0 Å². The molecule has 2 unspecified atom stereocenters. The molecule has 0 spiro atoms. The second-order valence-corrected chi connectivity index (χ2v) is 11.6. The van der Waals surface area contributed by atoms with Crippen molar-refractivity contribution in [2.24, 2.45) is 0 Å². The van der Waals surface area contributed by atoms with Gasteiger partial charge in [-0.1, -0.05) is 31.0 Å². The van der Waals surface area contributed by atoms with Crippen LogP contribution in [0.5, 0.6) is 0 Å². The lowest BCUT2D eigenvalue weighted by Gasteiger charge is -2.56. The Hall–Kier alpha value is -3.40. The van der Waals surface area contributed by atoms with Crippen LogP contribution < -0.4 is 15.1 Å². The number of anilines is 2. The summed E-state index contributed by atoms with van der Waals surface area (Å²) >= 11 is 0. The molecule has 2 N–H and O–H groups in total. The van der Waals surface area contributed by atoms with E-state index in [1.54, 1.807) is 0 Å². The van der Waals surface area contributed by atoms with Crippen molar-refractivity contribution < 1.29 is 5.11 Å². The van der Waals surface area contributed by atoms with Crippen LogP contribution in [0.1, 0.15) is 57.1 Å². The fraction of sp³-hybridized carbons (Fsp3) is 0.438. The summed E-state index contributed by atoms with van der Waals surface area (Å²) in [5.74, 6) is 1.07. The number of rotatable bonds is 4. The first-order valence-corrected chi connectivity index (χ1v) is 14.0. The minimum Gasteiger partial charge on any atom is -0.386 e. The standard InChI is InChI=1S/C32H37N5O/c1-32(2,38)25-7-5-6-23(18-25)24-14-16-34-31(19-24)37-29-9-4-3-8-27(29)35-28-21-36(17-15-30(28)37)26-12-10-22(20-33)11-13-26/h5-7,10-14,16,18-19,27-30,35,38H,3-4,8-9,15,17,21H2,1-2H3/t27-,28-,29?,30?/m1/s1. The molecule has 3 heterocycles. The van der Waals surface area contributed by atoms with Crippen LogP contribution in [0, 0.1) is 11.3 Å². The average molecular weight is 508 g/mol. The van der Waals surface area contributed by atoms with Gasteiger partial charge < -0.3 is 20.2 Å². The summed E-state index contributed by atoms with van der Waals surface area (Å²) in [5, 5.41) is 23.8. The molecule has 6 heteroatoms. The lowest BCUT2D eigenvalue weighted by atomic mass is 9.81. The molecule has 3 aromatic rings. The van der Waals surface area contributed by atoms with Gasteiger partial charge in [-0.25, -0.2) is 4.98 Å². The van der Waals surface area contributed by atoms with E-state index in [1.165, 1.54) is 31.4 Å². The van der Waals surface area contributed by atoms with E-state index in [0.29, 0.717) is 29.7 Å². The van der Waals surface area contributed by atoms with Crippen LogP contribution in [0.4, 0.5) is 11.5 Å². The Morgan fingerprint density at radius 3 is 2.50 bits per heavy atom. The maximum absolute atomic E-state index is 10.6. The summed E-state index contributed by atoms with van der Waals surface area (Å²) in [5.41, 5.74) is 4.17. The zero-order chi connectivity index (χ0) is 26.3. The number of piperazine rings is 1. The Bertz CT molecular complexity index is 1320. The second-order valence-electron chi connectivity index (χ2n) is 11.6. The molecule has 38 heavy (non-hydrogen) atoms. The maximum Gasteiger partial charge on any atom is 0.129 e. The fourth-order valence-electron chi connectivity index (χ4n) is 6.74. The zero-order valence-electron chi connectivity index (χ0n) is 22.3. The molecule has 0 amide bonds. The number of nitriles is 1. The summed E-state index contributed by atoms with van der Waals surface area (Å²) in [6, 6.07) is 24.4. The van der Waals surface area contributed by atoms with E-state index in [-0.39, 0.29) is 0 Å². The minimum absolute atomic E-state index is 0.350. The molecule has 0 bridgehead atoms. The molecule has 2 saturated heterocycles. The highest BCUT2D eigenvalue weighted by atomic mass is 16.3. The van der Waals surface area contributed by atoms with Crippen molar-refractivity contribution in [3.05, 3.63) is 78.0 Å². The molecule has 3 aliphatic rings. The quantitative estimate of drug-likeness (QED) is 0.505. The third-order valence-electron chi connectivity index (χ3n) is 8.72. The lowest BCUT2D eigenvalue weighted by molar-refractivity contribution is 0.0786. The Labute approximate surface area is 225 Å². The maximum atomic E-state index is 10.6. The largest absolute Gasteiger partial charge is 0.386 e. The van der Waals surface area contributed by atoms with Crippen LogP contribution in [0.15, 0.2) is 66.9 Å². The minimum atomic E-state index is -0.879. The molecule has 196 valence electrons. The van der Waals surface area contributed by atoms with Gasteiger partial charge in [-0.05, 0) is 92.3 Å². The molecule has 1 saturated carbocycles. The molecule has 4 atom stereocenters. The number of fused-ring (bicyclic) bond motifs is 2. The number of nitrogens with zero attached hydrogens (tertiary/aromatic N) is 4. The molecular weight excluding hydrogens is 470 g/mol. The Kier molecular flexibility index (Phi) is 6.59. The van der Waals surface area contributed by atoms with Gasteiger partial charge in [0.05, 0.1) is 17.2 Å². The number of aliphatic hydroxyl groups is 1. The molecule has 6 rings (SSSR count). The lowest BCUT2D eigenvalue weighted by Crippen LogP contribution is -2.72. The summed E-state index contributed by atoms with van der Waals surface area (Å²) in [7, 11) is 0. The van der Waals surface area contributed by atoms with Gasteiger partial charge in [-0.2, -0.15) is 5.26 Å². The predicted molar refractivity (Wildman–Crippen MR) is 152 cm³/mol. The number of nitrogens with one attached hydrogen (secondary N) is 1. The van der Waals surface area contributed by atoms with Crippen molar-refractivity contribution in [2.45, 2.75) is 75.7 Å². The van der Waals surface area contributed by atoms with Gasteiger partial charge in [0.25, 0.3) is 0 Å². The van der Waals surface area contributed by atoms with Gasteiger partial charge in [-0.15, -0.1) is 0 Å². The monoisotopic (exact) mass is 507 g/mol.